The Kier molecular flexibility index (Phi) is 2.26. The molecule has 0 spiro atoms. The summed E-state index contributed by atoms with van der Waals surface area (Å²) in [6.07, 6.45) is 0. The van der Waals surface area contributed by atoms with E-state index in [2.05, 4.69) is 0 Å². The highest BCUT2D eigenvalue weighted by Gasteiger charge is 2.28. The number of rotatable bonds is 0. The van der Waals surface area contributed by atoms with Crippen LogP contribution in [0.25, 0.3) is 0 Å². The Morgan fingerprint density at radius 1 is 1.15 bits per heavy atom. The summed E-state index contributed by atoms with van der Waals surface area (Å²) in [5.41, 5.74) is -0.266. The van der Waals surface area contributed by atoms with Gasteiger partial charge in [-0.25, -0.2) is 0 Å². The highest BCUT2D eigenvalue weighted by Crippen LogP contribution is 2.38. The molecule has 70 valence electrons. The van der Waals surface area contributed by atoms with E-state index in [0.29, 0.717) is 11.5 Å². The first-order chi connectivity index (χ1) is 6.18. The second-order valence-corrected chi connectivity index (χ2v) is 3.70. The largest absolute Gasteiger partial charge is 0.465 e. The van der Waals surface area contributed by atoms with Gasteiger partial charge in [0, 0.05) is 0 Å². The third-order valence-corrected chi connectivity index (χ3v) is 2.62. The third-order valence-electron chi connectivity index (χ3n) is 1.85. The maximum Gasteiger partial charge on any atom is 0.222 e. The summed E-state index contributed by atoms with van der Waals surface area (Å²) in [4.78, 5) is 0. The zero-order valence-corrected chi connectivity index (χ0v) is 8.47. The lowest BCUT2D eigenvalue weighted by Crippen LogP contribution is -2.31. The first kappa shape index (κ1) is 8.97. The van der Waals surface area contributed by atoms with Crippen LogP contribution in [-0.4, -0.2) is 11.1 Å². The number of hydrogen-bond acceptors (Lipinski definition) is 2. The summed E-state index contributed by atoms with van der Waals surface area (Å²) in [7, 11) is 0. The van der Waals surface area contributed by atoms with Crippen LogP contribution in [-0.2, 0) is 0 Å². The lowest BCUT2D eigenvalue weighted by atomic mass is 10.2. The molecule has 1 aliphatic heterocycles. The van der Waals surface area contributed by atoms with E-state index >= 15 is 0 Å². The van der Waals surface area contributed by atoms with Crippen LogP contribution in [0.4, 0.5) is 0 Å². The average Bonchev–Trinajstić information content (AvgIpc) is 2.09. The van der Waals surface area contributed by atoms with Gasteiger partial charge < -0.3 is 9.47 Å². The zero-order valence-electron chi connectivity index (χ0n) is 6.96. The number of hydrogen-bond donors (Lipinski definition) is 0. The maximum atomic E-state index is 5.79. The Hall–Kier alpha value is -0.600. The number of ether oxygens (including phenoxy) is 2. The van der Waals surface area contributed by atoms with Crippen LogP contribution in [0.3, 0.4) is 0 Å². The zero-order chi connectivity index (χ0) is 9.42. The summed E-state index contributed by atoms with van der Waals surface area (Å²) in [5.74, 6) is 1.33. The molecule has 0 amide bonds. The van der Waals surface area contributed by atoms with Gasteiger partial charge in [-0.2, -0.15) is 0 Å². The second kappa shape index (κ2) is 3.28. The number of alkyl halides is 2. The maximum absolute atomic E-state index is 5.79. The van der Waals surface area contributed by atoms with Crippen molar-refractivity contribution in [3.8, 4) is 11.5 Å². The summed E-state index contributed by atoms with van der Waals surface area (Å²) >= 11 is 11.6. The minimum absolute atomic E-state index is 0.629. The molecule has 0 unspecified atom stereocenters. The molecule has 0 bridgehead atoms. The molecule has 0 saturated carbocycles. The van der Waals surface area contributed by atoms with Crippen LogP contribution in [0.1, 0.15) is 5.56 Å². The fourth-order valence-electron chi connectivity index (χ4n) is 1.21. The van der Waals surface area contributed by atoms with Crippen LogP contribution in [0.15, 0.2) is 18.2 Å². The minimum atomic E-state index is -0.629. The summed E-state index contributed by atoms with van der Waals surface area (Å²) in [6, 6.07) is 5.62. The third kappa shape index (κ3) is 1.56. The van der Waals surface area contributed by atoms with Gasteiger partial charge in [0.05, 0.1) is 0 Å². The van der Waals surface area contributed by atoms with Gasteiger partial charge in [-0.15, -0.1) is 0 Å². The van der Waals surface area contributed by atoms with Crippen molar-refractivity contribution in [1.29, 1.82) is 0 Å². The normalized spacial score (nSPS) is 25.8. The second-order valence-electron chi connectivity index (χ2n) is 2.84. The van der Waals surface area contributed by atoms with Crippen molar-refractivity contribution in [2.24, 2.45) is 0 Å². The van der Waals surface area contributed by atoms with E-state index in [9.17, 15) is 0 Å². The summed E-state index contributed by atoms with van der Waals surface area (Å²) < 4.78 is 10.7. The Balaban J connectivity index is 2.42. The molecule has 0 saturated heterocycles. The summed E-state index contributed by atoms with van der Waals surface area (Å²) in [6.45, 7) is 1.93. The van der Waals surface area contributed by atoms with Crippen molar-refractivity contribution in [2.75, 3.05) is 0 Å². The SMILES string of the molecule is Cc1cccc2c1O[C@H](Cl)[C@@H](Cl)O2. The van der Waals surface area contributed by atoms with Crippen molar-refractivity contribution in [3.63, 3.8) is 0 Å². The predicted octanol–water partition coefficient (Wildman–Crippen LogP) is 2.90. The summed E-state index contributed by atoms with van der Waals surface area (Å²) in [5, 5.41) is 0. The number of aryl methyl sites for hydroxylation is 1. The first-order valence-corrected chi connectivity index (χ1v) is 4.77. The van der Waals surface area contributed by atoms with Crippen molar-refractivity contribution in [1.82, 2.24) is 0 Å². The molecule has 2 rings (SSSR count). The molecule has 13 heavy (non-hydrogen) atoms. The molecule has 1 aromatic carbocycles. The van der Waals surface area contributed by atoms with Crippen LogP contribution >= 0.6 is 23.2 Å². The Morgan fingerprint density at radius 2 is 1.85 bits per heavy atom. The molecule has 1 aliphatic rings. The molecule has 1 heterocycles. The topological polar surface area (TPSA) is 18.5 Å². The molecular formula is C9H8Cl2O2. The Labute approximate surface area is 86.4 Å². The van der Waals surface area contributed by atoms with Gasteiger partial charge in [0.1, 0.15) is 0 Å². The highest BCUT2D eigenvalue weighted by molar-refractivity contribution is 6.29. The number of fused-ring (bicyclic) bond motifs is 1. The molecule has 0 aliphatic carbocycles. The fraction of sp³-hybridized carbons (Fsp3) is 0.333. The van der Waals surface area contributed by atoms with Gasteiger partial charge in [-0.05, 0) is 18.6 Å². The minimum Gasteiger partial charge on any atom is -0.465 e. The van der Waals surface area contributed by atoms with Crippen LogP contribution in [0, 0.1) is 6.92 Å². The fourth-order valence-corrected chi connectivity index (χ4v) is 1.50. The van der Waals surface area contributed by atoms with E-state index in [1.54, 1.807) is 6.07 Å². The van der Waals surface area contributed by atoms with Crippen molar-refractivity contribution in [2.45, 2.75) is 18.1 Å². The van der Waals surface area contributed by atoms with E-state index in [0.717, 1.165) is 5.56 Å². The lowest BCUT2D eigenvalue weighted by Gasteiger charge is -2.27. The van der Waals surface area contributed by atoms with Gasteiger partial charge in [-0.1, -0.05) is 35.3 Å². The van der Waals surface area contributed by atoms with E-state index in [1.165, 1.54) is 0 Å². The first-order valence-electron chi connectivity index (χ1n) is 3.89. The van der Waals surface area contributed by atoms with Gasteiger partial charge in [0.2, 0.25) is 11.1 Å². The van der Waals surface area contributed by atoms with Crippen LogP contribution < -0.4 is 9.47 Å². The Bertz CT molecular complexity index is 327. The van der Waals surface area contributed by atoms with Gasteiger partial charge >= 0.3 is 0 Å². The molecule has 0 fully saturated rings. The van der Waals surface area contributed by atoms with E-state index in [-0.39, 0.29) is 0 Å². The molecule has 0 aromatic heterocycles. The number of para-hydroxylation sites is 1. The van der Waals surface area contributed by atoms with Crippen molar-refractivity contribution < 1.29 is 9.47 Å². The molecule has 2 atom stereocenters. The van der Waals surface area contributed by atoms with E-state index in [1.807, 2.05) is 19.1 Å². The average molecular weight is 219 g/mol. The standard InChI is InChI=1S/C9H8Cl2O2/c1-5-3-2-4-6-7(5)13-9(11)8(10)12-6/h2-4,8-9H,1H3/t8-,9-/m0/s1. The van der Waals surface area contributed by atoms with E-state index in [4.69, 9.17) is 32.7 Å². The number of halogens is 2. The van der Waals surface area contributed by atoms with Crippen molar-refractivity contribution in [3.05, 3.63) is 23.8 Å². The molecular weight excluding hydrogens is 211 g/mol. The molecule has 1 aromatic rings. The van der Waals surface area contributed by atoms with Crippen LogP contribution in [0.5, 0.6) is 11.5 Å². The molecule has 0 radical (unpaired) electrons. The van der Waals surface area contributed by atoms with Gasteiger partial charge in [-0.3, -0.25) is 0 Å². The van der Waals surface area contributed by atoms with E-state index < -0.39 is 11.1 Å². The van der Waals surface area contributed by atoms with Crippen molar-refractivity contribution >= 4 is 23.2 Å². The van der Waals surface area contributed by atoms with Gasteiger partial charge in [0.15, 0.2) is 11.5 Å². The quantitative estimate of drug-likeness (QED) is 0.624. The molecule has 0 N–H and O–H groups in total. The van der Waals surface area contributed by atoms with Crippen LogP contribution in [0.2, 0.25) is 0 Å². The Morgan fingerprint density at radius 3 is 2.62 bits per heavy atom. The molecule has 2 nitrogen and oxygen atoms in total. The predicted molar refractivity (Wildman–Crippen MR) is 51.7 cm³/mol. The highest BCUT2D eigenvalue weighted by atomic mass is 35.5. The number of benzene rings is 1. The van der Waals surface area contributed by atoms with Gasteiger partial charge in [0.25, 0.3) is 0 Å². The lowest BCUT2D eigenvalue weighted by molar-refractivity contribution is 0.116. The monoisotopic (exact) mass is 218 g/mol. The molecule has 4 heteroatoms. The smallest absolute Gasteiger partial charge is 0.222 e.